The maximum absolute atomic E-state index is 11.2. The fraction of sp³-hybridized carbons (Fsp3) is 0.346. The Balaban J connectivity index is 1.51. The molecule has 0 aliphatic heterocycles. The van der Waals surface area contributed by atoms with Crippen LogP contribution < -0.4 is 5.48 Å². The Hall–Kier alpha value is -2.93. The molecule has 1 heterocycles. The van der Waals surface area contributed by atoms with Gasteiger partial charge in [-0.2, -0.15) is 0 Å². The molecule has 168 valence electrons. The molecule has 3 N–H and O–H groups in total. The van der Waals surface area contributed by atoms with E-state index < -0.39 is 5.91 Å². The van der Waals surface area contributed by atoms with Crippen LogP contribution in [0.3, 0.4) is 0 Å². The van der Waals surface area contributed by atoms with Crippen molar-refractivity contribution >= 4 is 22.9 Å². The lowest BCUT2D eigenvalue weighted by molar-refractivity contribution is -0.124. The van der Waals surface area contributed by atoms with Crippen LogP contribution in [0.2, 0.25) is 0 Å². The zero-order valence-electron chi connectivity index (χ0n) is 18.5. The number of rotatable bonds is 9. The van der Waals surface area contributed by atoms with Crippen molar-refractivity contribution in [1.29, 1.82) is 0 Å². The van der Waals surface area contributed by atoms with E-state index in [0.717, 1.165) is 37.9 Å². The van der Waals surface area contributed by atoms with Crippen molar-refractivity contribution in [3.63, 3.8) is 0 Å². The summed E-state index contributed by atoms with van der Waals surface area (Å²) >= 11 is 0. The van der Waals surface area contributed by atoms with Gasteiger partial charge in [-0.1, -0.05) is 36.4 Å². The number of benzene rings is 2. The van der Waals surface area contributed by atoms with E-state index in [1.165, 1.54) is 33.7 Å². The second-order valence-electron chi connectivity index (χ2n) is 8.29. The molecule has 4 rings (SSSR count). The van der Waals surface area contributed by atoms with Crippen molar-refractivity contribution in [2.75, 3.05) is 19.7 Å². The van der Waals surface area contributed by atoms with Crippen LogP contribution in [0.1, 0.15) is 41.6 Å². The number of hydroxylamine groups is 1. The molecule has 6 nitrogen and oxygen atoms in total. The Labute approximate surface area is 188 Å². The largest absolute Gasteiger partial charge is 0.395 e. The molecule has 1 aliphatic rings. The molecule has 2 aromatic carbocycles. The Kier molecular flexibility index (Phi) is 7.05. The average Bonchev–Trinajstić information content (AvgIpc) is 3.41. The third-order valence-electron chi connectivity index (χ3n) is 6.46. The molecule has 32 heavy (non-hydrogen) atoms. The van der Waals surface area contributed by atoms with E-state index in [9.17, 15) is 9.90 Å². The minimum atomic E-state index is -0.540. The van der Waals surface area contributed by atoms with E-state index in [4.69, 9.17) is 5.21 Å². The minimum absolute atomic E-state index is 0.139. The van der Waals surface area contributed by atoms with Gasteiger partial charge in [0.2, 0.25) is 0 Å². The van der Waals surface area contributed by atoms with Crippen LogP contribution in [-0.4, -0.2) is 45.4 Å². The van der Waals surface area contributed by atoms with E-state index in [1.807, 2.05) is 6.07 Å². The number of amides is 1. The van der Waals surface area contributed by atoms with Gasteiger partial charge < -0.3 is 9.67 Å². The standard InChI is InChI=1S/C26H31N3O3/c1-2-28-18-21(22-5-3-4-6-24(22)28)13-14-29(15-16-30)25-11-9-20-17-19(7-10-23(20)25)8-12-26(31)27-32/h3-8,10,12,17-18,25,30,32H,2,9,11,13-16H2,1H3,(H,27,31). The first-order chi connectivity index (χ1) is 15.6. The maximum atomic E-state index is 11.2. The fourth-order valence-electron chi connectivity index (χ4n) is 4.91. The highest BCUT2D eigenvalue weighted by Crippen LogP contribution is 2.36. The monoisotopic (exact) mass is 433 g/mol. The van der Waals surface area contributed by atoms with Crippen molar-refractivity contribution < 1.29 is 15.1 Å². The number of nitrogens with one attached hydrogen (secondary N) is 1. The number of hydrogen-bond acceptors (Lipinski definition) is 4. The number of para-hydroxylation sites is 1. The van der Waals surface area contributed by atoms with Crippen LogP contribution in [0.15, 0.2) is 54.7 Å². The smallest absolute Gasteiger partial charge is 0.267 e. The minimum Gasteiger partial charge on any atom is -0.395 e. The van der Waals surface area contributed by atoms with Gasteiger partial charge in [0.25, 0.3) is 5.91 Å². The van der Waals surface area contributed by atoms with Gasteiger partial charge in [0.1, 0.15) is 0 Å². The number of hydrogen-bond donors (Lipinski definition) is 3. The van der Waals surface area contributed by atoms with E-state index in [1.54, 1.807) is 11.6 Å². The number of carbonyl (C=O) groups excluding carboxylic acids is 1. The molecule has 0 fully saturated rings. The first kappa shape index (κ1) is 22.3. The molecule has 1 aromatic heterocycles. The zero-order chi connectivity index (χ0) is 22.5. The summed E-state index contributed by atoms with van der Waals surface area (Å²) in [6.07, 6.45) is 8.23. The lowest BCUT2D eigenvalue weighted by Gasteiger charge is -2.29. The average molecular weight is 434 g/mol. The molecule has 3 aromatic rings. The highest BCUT2D eigenvalue weighted by molar-refractivity contribution is 5.90. The van der Waals surface area contributed by atoms with E-state index in [-0.39, 0.29) is 12.6 Å². The quantitative estimate of drug-likeness (QED) is 0.273. The molecule has 0 bridgehead atoms. The van der Waals surface area contributed by atoms with Crippen LogP contribution in [-0.2, 0) is 24.2 Å². The summed E-state index contributed by atoms with van der Waals surface area (Å²) in [5.41, 5.74) is 7.77. The number of aliphatic hydroxyl groups is 1. The predicted molar refractivity (Wildman–Crippen MR) is 126 cm³/mol. The van der Waals surface area contributed by atoms with Crippen LogP contribution in [0.25, 0.3) is 17.0 Å². The number of aliphatic hydroxyl groups excluding tert-OH is 1. The Morgan fingerprint density at radius 2 is 2.09 bits per heavy atom. The third-order valence-corrected chi connectivity index (χ3v) is 6.46. The van der Waals surface area contributed by atoms with Gasteiger partial charge in [0.05, 0.1) is 6.61 Å². The van der Waals surface area contributed by atoms with Gasteiger partial charge in [0, 0.05) is 48.9 Å². The van der Waals surface area contributed by atoms with Crippen LogP contribution in [0, 0.1) is 0 Å². The normalized spacial score (nSPS) is 15.7. The summed E-state index contributed by atoms with van der Waals surface area (Å²) < 4.78 is 2.30. The molecular weight excluding hydrogens is 402 g/mol. The third kappa shape index (κ3) is 4.63. The van der Waals surface area contributed by atoms with Crippen LogP contribution >= 0.6 is 0 Å². The SMILES string of the molecule is CCn1cc(CCN(CCO)C2CCc3cc(C=CC(=O)NO)ccc32)c2ccccc21. The summed E-state index contributed by atoms with van der Waals surface area (Å²) in [6.45, 7) is 4.80. The maximum Gasteiger partial charge on any atom is 0.267 e. The van der Waals surface area contributed by atoms with Crippen molar-refractivity contribution in [2.24, 2.45) is 0 Å². The summed E-state index contributed by atoms with van der Waals surface area (Å²) in [4.78, 5) is 13.6. The van der Waals surface area contributed by atoms with Gasteiger partial charge in [-0.15, -0.1) is 0 Å². The number of aromatic nitrogens is 1. The molecule has 0 saturated carbocycles. The lowest BCUT2D eigenvalue weighted by Crippen LogP contribution is -2.32. The predicted octanol–water partition coefficient (Wildman–Crippen LogP) is 3.70. The van der Waals surface area contributed by atoms with Crippen molar-refractivity contribution in [1.82, 2.24) is 14.9 Å². The number of carbonyl (C=O) groups is 1. The van der Waals surface area contributed by atoms with E-state index >= 15 is 0 Å². The molecule has 1 aliphatic carbocycles. The molecule has 0 radical (unpaired) electrons. The fourth-order valence-corrected chi connectivity index (χ4v) is 4.91. The van der Waals surface area contributed by atoms with E-state index in [2.05, 4.69) is 59.0 Å². The Morgan fingerprint density at radius 1 is 1.25 bits per heavy atom. The van der Waals surface area contributed by atoms with Crippen LogP contribution in [0.5, 0.6) is 0 Å². The Morgan fingerprint density at radius 3 is 2.88 bits per heavy atom. The second-order valence-corrected chi connectivity index (χ2v) is 8.29. The first-order valence-electron chi connectivity index (χ1n) is 11.3. The molecule has 6 heteroatoms. The van der Waals surface area contributed by atoms with Crippen molar-refractivity contribution in [3.05, 3.63) is 77.0 Å². The summed E-state index contributed by atoms with van der Waals surface area (Å²) in [7, 11) is 0. The van der Waals surface area contributed by atoms with Crippen molar-refractivity contribution in [3.8, 4) is 0 Å². The molecule has 1 atom stereocenters. The van der Waals surface area contributed by atoms with Crippen molar-refractivity contribution in [2.45, 2.75) is 38.8 Å². The molecule has 1 unspecified atom stereocenters. The summed E-state index contributed by atoms with van der Waals surface area (Å²) in [6, 6.07) is 15.1. The van der Waals surface area contributed by atoms with Gasteiger partial charge >= 0.3 is 0 Å². The molecule has 1 amide bonds. The topological polar surface area (TPSA) is 77.7 Å². The van der Waals surface area contributed by atoms with Gasteiger partial charge in [-0.3, -0.25) is 14.9 Å². The lowest BCUT2D eigenvalue weighted by atomic mass is 10.0. The highest BCUT2D eigenvalue weighted by atomic mass is 16.5. The van der Waals surface area contributed by atoms with Gasteiger partial charge in [-0.25, -0.2) is 5.48 Å². The highest BCUT2D eigenvalue weighted by Gasteiger charge is 2.27. The summed E-state index contributed by atoms with van der Waals surface area (Å²) in [5.74, 6) is -0.540. The number of fused-ring (bicyclic) bond motifs is 2. The Bertz CT molecular complexity index is 1120. The second kappa shape index (κ2) is 10.1. The van der Waals surface area contributed by atoms with Crippen LogP contribution in [0.4, 0.5) is 0 Å². The van der Waals surface area contributed by atoms with Gasteiger partial charge in [-0.05, 0) is 60.6 Å². The molecule has 0 spiro atoms. The molecule has 0 saturated heterocycles. The number of aryl methyl sites for hydroxylation is 2. The van der Waals surface area contributed by atoms with E-state index in [0.29, 0.717) is 6.54 Å². The zero-order valence-corrected chi connectivity index (χ0v) is 18.5. The molecular formula is C26H31N3O3. The van der Waals surface area contributed by atoms with Gasteiger partial charge in [0.15, 0.2) is 0 Å². The first-order valence-corrected chi connectivity index (χ1v) is 11.3. The number of nitrogens with zero attached hydrogens (tertiary/aromatic N) is 2. The summed E-state index contributed by atoms with van der Waals surface area (Å²) in [5, 5.41) is 19.7.